The minimum absolute atomic E-state index is 0.00307. The Morgan fingerprint density at radius 2 is 1.72 bits per heavy atom. The fraction of sp³-hybridized carbons (Fsp3) is 0.400. The molecule has 0 radical (unpaired) electrons. The summed E-state index contributed by atoms with van der Waals surface area (Å²) < 4.78 is 14.2. The van der Waals surface area contributed by atoms with Crippen LogP contribution >= 0.6 is 0 Å². The summed E-state index contributed by atoms with van der Waals surface area (Å²) in [7, 11) is 0. The number of esters is 2. The lowest BCUT2D eigenvalue weighted by molar-refractivity contribution is -0.161. The van der Waals surface area contributed by atoms with E-state index in [2.05, 4.69) is 4.74 Å². The molecule has 0 aliphatic heterocycles. The van der Waals surface area contributed by atoms with Gasteiger partial charge in [-0.15, -0.1) is 0 Å². The predicted octanol–water partition coefficient (Wildman–Crippen LogP) is -0.108. The summed E-state index contributed by atoms with van der Waals surface area (Å²) in [5.74, 6) is -2.52. The topological polar surface area (TPSA) is 166 Å². The molecule has 1 rings (SSSR count). The van der Waals surface area contributed by atoms with Crippen LogP contribution in [0.1, 0.15) is 17.3 Å². The Labute approximate surface area is 142 Å². The first-order valence-corrected chi connectivity index (χ1v) is 7.09. The first-order chi connectivity index (χ1) is 11.7. The molecule has 0 aliphatic carbocycles. The van der Waals surface area contributed by atoms with Gasteiger partial charge in [0.1, 0.15) is 25.2 Å². The molecule has 0 saturated carbocycles. The molecule has 0 aromatic heterocycles. The lowest BCUT2D eigenvalue weighted by Crippen LogP contribution is -2.40. The number of carbonyl (C=O) groups is 3. The third-order valence-corrected chi connectivity index (χ3v) is 3.14. The molecule has 25 heavy (non-hydrogen) atoms. The number of carbonyl (C=O) groups excluding carboxylic acids is 3. The zero-order valence-corrected chi connectivity index (χ0v) is 13.4. The van der Waals surface area contributed by atoms with Gasteiger partial charge in [-0.2, -0.15) is 0 Å². The van der Waals surface area contributed by atoms with Crippen molar-refractivity contribution in [1.29, 1.82) is 0 Å². The molecule has 138 valence electrons. The van der Waals surface area contributed by atoms with Crippen molar-refractivity contribution >= 4 is 18.0 Å². The van der Waals surface area contributed by atoms with Crippen LogP contribution in [0.4, 0.5) is 4.79 Å². The third kappa shape index (κ3) is 5.84. The van der Waals surface area contributed by atoms with Gasteiger partial charge in [-0.05, 0) is 25.1 Å². The molecule has 10 heteroatoms. The van der Waals surface area contributed by atoms with Crippen LogP contribution in [-0.4, -0.2) is 59.8 Å². The number of phenolic OH excluding ortho intramolecular Hbond substituents is 2. The van der Waals surface area contributed by atoms with Crippen molar-refractivity contribution in [2.45, 2.75) is 6.92 Å². The fourth-order valence-corrected chi connectivity index (χ4v) is 1.58. The summed E-state index contributed by atoms with van der Waals surface area (Å²) in [5, 5.41) is 27.7. The summed E-state index contributed by atoms with van der Waals surface area (Å²) >= 11 is 0. The van der Waals surface area contributed by atoms with Crippen LogP contribution < -0.4 is 5.73 Å². The van der Waals surface area contributed by atoms with Gasteiger partial charge < -0.3 is 35.3 Å². The number of benzene rings is 1. The standard InChI is InChI=1S/C15H19NO9/c1-15(7-17,8-25-14(16)22)13(21)24-5-4-23-12(20)9-2-3-10(18)11(19)6-9/h2-3,6,17-19H,4-5,7-8H2,1H3,(H2,16,22). The highest BCUT2D eigenvalue weighted by atomic mass is 16.6. The molecule has 0 aliphatic rings. The van der Waals surface area contributed by atoms with Crippen LogP contribution in [0, 0.1) is 5.41 Å². The summed E-state index contributed by atoms with van der Waals surface area (Å²) in [6, 6.07) is 3.39. The van der Waals surface area contributed by atoms with E-state index >= 15 is 0 Å². The van der Waals surface area contributed by atoms with Crippen molar-refractivity contribution in [3.8, 4) is 11.5 Å². The third-order valence-electron chi connectivity index (χ3n) is 3.14. The van der Waals surface area contributed by atoms with Crippen LogP contribution in [0.15, 0.2) is 18.2 Å². The van der Waals surface area contributed by atoms with Crippen molar-refractivity contribution in [3.05, 3.63) is 23.8 Å². The molecule has 0 heterocycles. The maximum Gasteiger partial charge on any atom is 0.404 e. The van der Waals surface area contributed by atoms with E-state index in [1.54, 1.807) is 0 Å². The Kier molecular flexibility index (Phi) is 7.00. The van der Waals surface area contributed by atoms with Gasteiger partial charge in [0, 0.05) is 0 Å². The lowest BCUT2D eigenvalue weighted by Gasteiger charge is -2.23. The smallest absolute Gasteiger partial charge is 0.404 e. The maximum absolute atomic E-state index is 11.9. The summed E-state index contributed by atoms with van der Waals surface area (Å²) in [6.45, 7) is -0.398. The number of rotatable bonds is 8. The Hall–Kier alpha value is -3.01. The summed E-state index contributed by atoms with van der Waals surface area (Å²) in [4.78, 5) is 34.2. The highest BCUT2D eigenvalue weighted by Gasteiger charge is 2.36. The number of nitrogens with two attached hydrogens (primary N) is 1. The van der Waals surface area contributed by atoms with Crippen molar-refractivity contribution in [2.75, 3.05) is 26.4 Å². The first kappa shape index (κ1) is 20.0. The molecule has 0 spiro atoms. The van der Waals surface area contributed by atoms with Crippen LogP contribution in [0.5, 0.6) is 11.5 Å². The SMILES string of the molecule is CC(CO)(COC(N)=O)C(=O)OCCOC(=O)c1ccc(O)c(O)c1. The van der Waals surface area contributed by atoms with E-state index in [4.69, 9.17) is 20.3 Å². The van der Waals surface area contributed by atoms with E-state index in [1.165, 1.54) is 13.0 Å². The second-order valence-electron chi connectivity index (χ2n) is 5.30. The predicted molar refractivity (Wildman–Crippen MR) is 81.7 cm³/mol. The van der Waals surface area contributed by atoms with Crippen LogP contribution in [-0.2, 0) is 19.0 Å². The largest absolute Gasteiger partial charge is 0.504 e. The van der Waals surface area contributed by atoms with Gasteiger partial charge >= 0.3 is 18.0 Å². The van der Waals surface area contributed by atoms with Gasteiger partial charge in [0.15, 0.2) is 11.5 Å². The van der Waals surface area contributed by atoms with E-state index in [0.29, 0.717) is 0 Å². The molecule has 1 aromatic carbocycles. The van der Waals surface area contributed by atoms with E-state index in [0.717, 1.165) is 12.1 Å². The minimum atomic E-state index is -1.50. The van der Waals surface area contributed by atoms with Crippen molar-refractivity contribution in [2.24, 2.45) is 11.1 Å². The zero-order chi connectivity index (χ0) is 19.0. The molecular formula is C15H19NO9. The van der Waals surface area contributed by atoms with Crippen LogP contribution in [0.2, 0.25) is 0 Å². The van der Waals surface area contributed by atoms with Gasteiger partial charge in [0.25, 0.3) is 0 Å². The molecule has 5 N–H and O–H groups in total. The fourth-order valence-electron chi connectivity index (χ4n) is 1.58. The quantitative estimate of drug-likeness (QED) is 0.215. The lowest BCUT2D eigenvalue weighted by atomic mass is 9.93. The second-order valence-corrected chi connectivity index (χ2v) is 5.30. The van der Waals surface area contributed by atoms with E-state index < -0.39 is 42.4 Å². The van der Waals surface area contributed by atoms with Crippen molar-refractivity contribution in [3.63, 3.8) is 0 Å². The molecular weight excluding hydrogens is 338 g/mol. The summed E-state index contributed by atoms with van der Waals surface area (Å²) in [5.41, 5.74) is 3.30. The van der Waals surface area contributed by atoms with E-state index in [1.807, 2.05) is 0 Å². The number of aliphatic hydroxyl groups is 1. The zero-order valence-electron chi connectivity index (χ0n) is 13.4. The Bertz CT molecular complexity index is 646. The van der Waals surface area contributed by atoms with Crippen molar-refractivity contribution in [1.82, 2.24) is 0 Å². The average Bonchev–Trinajstić information content (AvgIpc) is 2.58. The summed E-state index contributed by atoms with van der Waals surface area (Å²) in [6.07, 6.45) is -1.10. The number of primary amides is 1. The monoisotopic (exact) mass is 357 g/mol. The molecule has 1 aromatic rings. The number of ether oxygens (including phenoxy) is 3. The number of phenols is 2. The van der Waals surface area contributed by atoms with E-state index in [-0.39, 0.29) is 24.5 Å². The highest BCUT2D eigenvalue weighted by Crippen LogP contribution is 2.25. The average molecular weight is 357 g/mol. The Morgan fingerprint density at radius 3 is 2.28 bits per heavy atom. The molecule has 1 amide bonds. The maximum atomic E-state index is 11.9. The number of aromatic hydroxyl groups is 2. The number of aliphatic hydroxyl groups excluding tert-OH is 1. The van der Waals surface area contributed by atoms with E-state index in [9.17, 15) is 24.6 Å². The number of hydrogen-bond acceptors (Lipinski definition) is 9. The van der Waals surface area contributed by atoms with Crippen LogP contribution in [0.25, 0.3) is 0 Å². The molecule has 0 bridgehead atoms. The Balaban J connectivity index is 2.45. The first-order valence-electron chi connectivity index (χ1n) is 7.09. The highest BCUT2D eigenvalue weighted by molar-refractivity contribution is 5.90. The van der Waals surface area contributed by atoms with Gasteiger partial charge in [0.05, 0.1) is 12.2 Å². The second kappa shape index (κ2) is 8.73. The molecule has 0 saturated heterocycles. The molecule has 1 atom stereocenters. The number of amides is 1. The van der Waals surface area contributed by atoms with Gasteiger partial charge in [0.2, 0.25) is 0 Å². The Morgan fingerprint density at radius 1 is 1.08 bits per heavy atom. The van der Waals surface area contributed by atoms with Gasteiger partial charge in [-0.1, -0.05) is 0 Å². The van der Waals surface area contributed by atoms with Gasteiger partial charge in [-0.25, -0.2) is 9.59 Å². The molecule has 0 fully saturated rings. The van der Waals surface area contributed by atoms with Gasteiger partial charge in [-0.3, -0.25) is 4.79 Å². The molecule has 1 unspecified atom stereocenters. The molecule has 10 nitrogen and oxygen atoms in total. The normalized spacial score (nSPS) is 12.7. The number of hydrogen-bond donors (Lipinski definition) is 4. The van der Waals surface area contributed by atoms with Crippen molar-refractivity contribution < 1.29 is 43.9 Å². The van der Waals surface area contributed by atoms with Crippen LogP contribution in [0.3, 0.4) is 0 Å². The minimum Gasteiger partial charge on any atom is -0.504 e.